The zero-order valence-electron chi connectivity index (χ0n) is 12.7. The lowest BCUT2D eigenvalue weighted by Gasteiger charge is -2.24. The summed E-state index contributed by atoms with van der Waals surface area (Å²) in [6, 6.07) is 15.7. The van der Waals surface area contributed by atoms with E-state index in [0.717, 1.165) is 22.7 Å². The summed E-state index contributed by atoms with van der Waals surface area (Å²) in [6.07, 6.45) is 0. The Balaban J connectivity index is 2.08. The SMILES string of the molecule is COc1cccc(C(N)CN(C)c2cccc(OC)c2)c1. The van der Waals surface area contributed by atoms with Crippen LogP contribution in [0.2, 0.25) is 0 Å². The van der Waals surface area contributed by atoms with Crippen LogP contribution in [0.25, 0.3) is 0 Å². The van der Waals surface area contributed by atoms with Crippen LogP contribution in [0.4, 0.5) is 5.69 Å². The molecule has 1 atom stereocenters. The monoisotopic (exact) mass is 286 g/mol. The van der Waals surface area contributed by atoms with Gasteiger partial charge in [-0.05, 0) is 29.8 Å². The first-order valence-electron chi connectivity index (χ1n) is 6.88. The maximum absolute atomic E-state index is 6.30. The molecule has 2 N–H and O–H groups in total. The number of anilines is 1. The van der Waals surface area contributed by atoms with Crippen molar-refractivity contribution in [2.45, 2.75) is 6.04 Å². The average Bonchev–Trinajstić information content (AvgIpc) is 2.54. The van der Waals surface area contributed by atoms with Crippen LogP contribution in [-0.2, 0) is 0 Å². The van der Waals surface area contributed by atoms with Crippen molar-refractivity contribution in [2.24, 2.45) is 5.73 Å². The van der Waals surface area contributed by atoms with Crippen LogP contribution in [0.15, 0.2) is 48.5 Å². The van der Waals surface area contributed by atoms with Crippen LogP contribution in [0.3, 0.4) is 0 Å². The molecule has 2 aromatic carbocycles. The van der Waals surface area contributed by atoms with Crippen LogP contribution in [-0.4, -0.2) is 27.8 Å². The van der Waals surface area contributed by atoms with E-state index in [4.69, 9.17) is 15.2 Å². The van der Waals surface area contributed by atoms with Gasteiger partial charge in [0.2, 0.25) is 0 Å². The van der Waals surface area contributed by atoms with Crippen molar-refractivity contribution in [3.05, 3.63) is 54.1 Å². The molecule has 0 aromatic heterocycles. The molecule has 0 bridgehead atoms. The molecule has 4 heteroatoms. The Hall–Kier alpha value is -2.20. The Bertz CT molecular complexity index is 535. The van der Waals surface area contributed by atoms with Gasteiger partial charge in [-0.25, -0.2) is 0 Å². The molecule has 2 aromatic rings. The highest BCUT2D eigenvalue weighted by atomic mass is 16.5. The first-order chi connectivity index (χ1) is 10.1. The predicted octanol–water partition coefficient (Wildman–Crippen LogP) is 2.84. The van der Waals surface area contributed by atoms with Crippen molar-refractivity contribution < 1.29 is 9.47 Å². The van der Waals surface area contributed by atoms with E-state index in [1.165, 1.54) is 0 Å². The summed E-state index contributed by atoms with van der Waals surface area (Å²) in [5.74, 6) is 1.67. The van der Waals surface area contributed by atoms with Crippen molar-refractivity contribution in [1.29, 1.82) is 0 Å². The quantitative estimate of drug-likeness (QED) is 0.887. The number of rotatable bonds is 6. The number of nitrogens with zero attached hydrogens (tertiary/aromatic N) is 1. The highest BCUT2D eigenvalue weighted by Crippen LogP contribution is 2.23. The van der Waals surface area contributed by atoms with Gasteiger partial charge in [-0.2, -0.15) is 0 Å². The number of hydrogen-bond donors (Lipinski definition) is 1. The molecule has 0 amide bonds. The van der Waals surface area contributed by atoms with Crippen LogP contribution >= 0.6 is 0 Å². The van der Waals surface area contributed by atoms with Crippen molar-refractivity contribution in [2.75, 3.05) is 32.7 Å². The second-order valence-electron chi connectivity index (χ2n) is 4.97. The predicted molar refractivity (Wildman–Crippen MR) is 86.2 cm³/mol. The number of likely N-dealkylation sites (N-methyl/N-ethyl adjacent to an activating group) is 1. The van der Waals surface area contributed by atoms with E-state index in [1.807, 2.05) is 55.6 Å². The third-order valence-corrected chi connectivity index (χ3v) is 3.49. The van der Waals surface area contributed by atoms with Crippen molar-refractivity contribution >= 4 is 5.69 Å². The summed E-state index contributed by atoms with van der Waals surface area (Å²) in [6.45, 7) is 0.709. The first kappa shape index (κ1) is 15.2. The Kier molecular flexibility index (Phi) is 5.06. The second kappa shape index (κ2) is 6.99. The maximum atomic E-state index is 6.30. The molecular weight excluding hydrogens is 264 g/mol. The topological polar surface area (TPSA) is 47.7 Å². The van der Waals surface area contributed by atoms with Gasteiger partial charge in [-0.3, -0.25) is 0 Å². The third-order valence-electron chi connectivity index (χ3n) is 3.49. The van der Waals surface area contributed by atoms with E-state index in [1.54, 1.807) is 14.2 Å². The van der Waals surface area contributed by atoms with Gasteiger partial charge >= 0.3 is 0 Å². The summed E-state index contributed by atoms with van der Waals surface area (Å²) in [4.78, 5) is 2.12. The van der Waals surface area contributed by atoms with E-state index in [-0.39, 0.29) is 6.04 Å². The summed E-state index contributed by atoms with van der Waals surface area (Å²) in [5.41, 5.74) is 8.43. The second-order valence-corrected chi connectivity index (χ2v) is 4.97. The standard InChI is InChI=1S/C17H22N2O2/c1-19(14-7-5-9-16(11-14)21-3)12-17(18)13-6-4-8-15(10-13)20-2/h4-11,17H,12,18H2,1-3H3. The van der Waals surface area contributed by atoms with Gasteiger partial charge in [0.05, 0.1) is 14.2 Å². The number of benzene rings is 2. The first-order valence-corrected chi connectivity index (χ1v) is 6.88. The third kappa shape index (κ3) is 3.89. The molecule has 4 nitrogen and oxygen atoms in total. The number of hydrogen-bond acceptors (Lipinski definition) is 4. The minimum Gasteiger partial charge on any atom is -0.497 e. The minimum absolute atomic E-state index is 0.0868. The van der Waals surface area contributed by atoms with E-state index >= 15 is 0 Å². The number of ether oxygens (including phenoxy) is 2. The Morgan fingerprint density at radius 1 is 1.00 bits per heavy atom. The Morgan fingerprint density at radius 2 is 1.62 bits per heavy atom. The molecule has 2 rings (SSSR count). The number of methoxy groups -OCH3 is 2. The lowest BCUT2D eigenvalue weighted by Crippen LogP contribution is -2.28. The Morgan fingerprint density at radius 3 is 2.29 bits per heavy atom. The molecule has 1 unspecified atom stereocenters. The van der Waals surface area contributed by atoms with Crippen LogP contribution in [0.1, 0.15) is 11.6 Å². The maximum Gasteiger partial charge on any atom is 0.120 e. The fourth-order valence-electron chi connectivity index (χ4n) is 2.23. The molecule has 0 saturated carbocycles. The molecule has 0 radical (unpaired) electrons. The molecule has 21 heavy (non-hydrogen) atoms. The lowest BCUT2D eigenvalue weighted by molar-refractivity contribution is 0.413. The van der Waals surface area contributed by atoms with Crippen molar-refractivity contribution in [3.63, 3.8) is 0 Å². The zero-order valence-corrected chi connectivity index (χ0v) is 12.7. The van der Waals surface area contributed by atoms with E-state index in [2.05, 4.69) is 4.90 Å². The summed E-state index contributed by atoms with van der Waals surface area (Å²) < 4.78 is 10.5. The fraction of sp³-hybridized carbons (Fsp3) is 0.294. The molecule has 0 aliphatic heterocycles. The molecular formula is C17H22N2O2. The summed E-state index contributed by atoms with van der Waals surface area (Å²) in [7, 11) is 5.35. The fourth-order valence-corrected chi connectivity index (χ4v) is 2.23. The van der Waals surface area contributed by atoms with E-state index < -0.39 is 0 Å². The van der Waals surface area contributed by atoms with Gasteiger partial charge in [0.15, 0.2) is 0 Å². The van der Waals surface area contributed by atoms with Crippen LogP contribution in [0, 0.1) is 0 Å². The van der Waals surface area contributed by atoms with E-state index in [0.29, 0.717) is 6.54 Å². The molecule has 0 fully saturated rings. The number of nitrogens with two attached hydrogens (primary N) is 1. The highest BCUT2D eigenvalue weighted by Gasteiger charge is 2.11. The van der Waals surface area contributed by atoms with Crippen LogP contribution in [0.5, 0.6) is 11.5 Å². The van der Waals surface area contributed by atoms with Crippen molar-refractivity contribution in [1.82, 2.24) is 0 Å². The van der Waals surface area contributed by atoms with Gasteiger partial charge in [-0.15, -0.1) is 0 Å². The molecule has 0 aliphatic rings. The molecule has 112 valence electrons. The molecule has 0 spiro atoms. The van der Waals surface area contributed by atoms with Gasteiger partial charge in [-0.1, -0.05) is 18.2 Å². The Labute approximate surface area is 126 Å². The van der Waals surface area contributed by atoms with Gasteiger partial charge < -0.3 is 20.1 Å². The summed E-state index contributed by atoms with van der Waals surface area (Å²) >= 11 is 0. The van der Waals surface area contributed by atoms with E-state index in [9.17, 15) is 0 Å². The smallest absolute Gasteiger partial charge is 0.120 e. The van der Waals surface area contributed by atoms with Crippen LogP contribution < -0.4 is 20.1 Å². The largest absolute Gasteiger partial charge is 0.497 e. The normalized spacial score (nSPS) is 11.8. The van der Waals surface area contributed by atoms with Crippen molar-refractivity contribution in [3.8, 4) is 11.5 Å². The summed E-state index contributed by atoms with van der Waals surface area (Å²) in [5, 5.41) is 0. The van der Waals surface area contributed by atoms with Gasteiger partial charge in [0.1, 0.15) is 11.5 Å². The zero-order chi connectivity index (χ0) is 15.2. The molecule has 0 heterocycles. The van der Waals surface area contributed by atoms with Gasteiger partial charge in [0, 0.05) is 31.4 Å². The molecule has 0 aliphatic carbocycles. The highest BCUT2D eigenvalue weighted by molar-refractivity contribution is 5.50. The minimum atomic E-state index is -0.0868. The molecule has 0 saturated heterocycles. The van der Waals surface area contributed by atoms with Gasteiger partial charge in [0.25, 0.3) is 0 Å². The average molecular weight is 286 g/mol. The lowest BCUT2D eigenvalue weighted by atomic mass is 10.1.